The van der Waals surface area contributed by atoms with Crippen LogP contribution in [0.25, 0.3) is 0 Å². The molecule has 0 bridgehead atoms. The second-order valence-corrected chi connectivity index (χ2v) is 5.51. The van der Waals surface area contributed by atoms with E-state index in [-0.39, 0.29) is 6.04 Å². The van der Waals surface area contributed by atoms with Gasteiger partial charge in [-0.15, -0.1) is 0 Å². The van der Waals surface area contributed by atoms with Crippen molar-refractivity contribution in [3.8, 4) is 0 Å². The van der Waals surface area contributed by atoms with Crippen molar-refractivity contribution in [1.82, 2.24) is 4.98 Å². The van der Waals surface area contributed by atoms with Crippen molar-refractivity contribution in [3.05, 3.63) is 65.0 Å². The Labute approximate surface area is 114 Å². The fourth-order valence-corrected chi connectivity index (χ4v) is 2.57. The summed E-state index contributed by atoms with van der Waals surface area (Å²) in [5.74, 6) is 0.784. The van der Waals surface area contributed by atoms with Gasteiger partial charge in [-0.25, -0.2) is 0 Å². The lowest BCUT2D eigenvalue weighted by atomic mass is 9.80. The molecule has 1 heterocycles. The summed E-state index contributed by atoms with van der Waals surface area (Å²) in [6.07, 6.45) is 5.93. The number of nitrogens with two attached hydrogens (primary N) is 1. The van der Waals surface area contributed by atoms with E-state index in [9.17, 15) is 0 Å². The van der Waals surface area contributed by atoms with Crippen LogP contribution in [0.15, 0.2) is 42.6 Å². The largest absolute Gasteiger partial charge is 0.320 e. The number of benzene rings is 1. The smallest absolute Gasteiger partial charge is 0.0566 e. The fourth-order valence-electron chi connectivity index (χ4n) is 2.57. The Kier molecular flexibility index (Phi) is 3.34. The van der Waals surface area contributed by atoms with E-state index < -0.39 is 0 Å². The van der Waals surface area contributed by atoms with Crippen molar-refractivity contribution in [2.24, 2.45) is 5.73 Å². The minimum atomic E-state index is -0.0801. The molecule has 0 radical (unpaired) electrons. The third-order valence-electron chi connectivity index (χ3n) is 4.17. The van der Waals surface area contributed by atoms with Crippen LogP contribution in [0.3, 0.4) is 0 Å². The maximum Gasteiger partial charge on any atom is 0.0566 e. The minimum absolute atomic E-state index is 0.0801. The van der Waals surface area contributed by atoms with Crippen LogP contribution in [0.1, 0.15) is 53.6 Å². The zero-order valence-electron chi connectivity index (χ0n) is 11.3. The van der Waals surface area contributed by atoms with E-state index in [4.69, 9.17) is 5.73 Å². The van der Waals surface area contributed by atoms with Gasteiger partial charge in [0.05, 0.1) is 6.04 Å². The Morgan fingerprint density at radius 2 is 1.74 bits per heavy atom. The lowest BCUT2D eigenvalue weighted by molar-refractivity contribution is 0.419. The molecule has 2 N–H and O–H groups in total. The van der Waals surface area contributed by atoms with E-state index in [1.165, 1.54) is 24.8 Å². The minimum Gasteiger partial charge on any atom is -0.320 e. The standard InChI is InChI=1S/C17H20N2/c1-12-5-6-16(11-19-12)17(18)15-9-7-14(8-10-15)13-3-2-4-13/h5-11,13,17H,2-4,18H2,1H3. The van der Waals surface area contributed by atoms with Gasteiger partial charge in [-0.3, -0.25) is 4.98 Å². The van der Waals surface area contributed by atoms with E-state index in [0.29, 0.717) is 0 Å². The van der Waals surface area contributed by atoms with E-state index in [0.717, 1.165) is 22.7 Å². The highest BCUT2D eigenvalue weighted by atomic mass is 14.7. The van der Waals surface area contributed by atoms with Crippen LogP contribution in [0.4, 0.5) is 0 Å². The van der Waals surface area contributed by atoms with Crippen LogP contribution in [-0.2, 0) is 0 Å². The van der Waals surface area contributed by atoms with Gasteiger partial charge < -0.3 is 5.73 Å². The Morgan fingerprint density at radius 1 is 1.05 bits per heavy atom. The molecule has 2 nitrogen and oxygen atoms in total. The quantitative estimate of drug-likeness (QED) is 0.904. The first-order chi connectivity index (χ1) is 9.24. The molecule has 0 saturated heterocycles. The van der Waals surface area contributed by atoms with Gasteiger partial charge in [0.1, 0.15) is 0 Å². The molecule has 2 aromatic rings. The molecular formula is C17H20N2. The molecule has 1 aromatic heterocycles. The summed E-state index contributed by atoms with van der Waals surface area (Å²) in [4.78, 5) is 4.31. The van der Waals surface area contributed by atoms with Crippen LogP contribution in [0, 0.1) is 6.92 Å². The Balaban J connectivity index is 1.79. The molecule has 0 aliphatic heterocycles. The number of aryl methyl sites for hydroxylation is 1. The zero-order valence-corrected chi connectivity index (χ0v) is 11.3. The van der Waals surface area contributed by atoms with E-state index in [1.54, 1.807) is 0 Å². The second kappa shape index (κ2) is 5.14. The third-order valence-corrected chi connectivity index (χ3v) is 4.17. The molecule has 98 valence electrons. The van der Waals surface area contributed by atoms with Gasteiger partial charge in [0.2, 0.25) is 0 Å². The zero-order chi connectivity index (χ0) is 13.2. The van der Waals surface area contributed by atoms with Crippen LogP contribution in [-0.4, -0.2) is 4.98 Å². The summed E-state index contributed by atoms with van der Waals surface area (Å²) >= 11 is 0. The molecule has 1 aliphatic carbocycles. The molecule has 2 heteroatoms. The van der Waals surface area contributed by atoms with Gasteiger partial charge in [0, 0.05) is 11.9 Å². The predicted molar refractivity (Wildman–Crippen MR) is 78.0 cm³/mol. The summed E-state index contributed by atoms with van der Waals surface area (Å²) in [6.45, 7) is 1.99. The van der Waals surface area contributed by atoms with E-state index in [1.807, 2.05) is 19.2 Å². The maximum atomic E-state index is 6.30. The normalized spacial score (nSPS) is 16.9. The van der Waals surface area contributed by atoms with Gasteiger partial charge in [-0.2, -0.15) is 0 Å². The number of hydrogen-bond donors (Lipinski definition) is 1. The van der Waals surface area contributed by atoms with Crippen molar-refractivity contribution in [2.75, 3.05) is 0 Å². The number of pyridine rings is 1. The van der Waals surface area contributed by atoms with Crippen molar-refractivity contribution < 1.29 is 0 Å². The maximum absolute atomic E-state index is 6.30. The van der Waals surface area contributed by atoms with E-state index in [2.05, 4.69) is 35.3 Å². The first kappa shape index (κ1) is 12.4. The molecule has 1 unspecified atom stereocenters. The molecule has 1 aliphatic rings. The van der Waals surface area contributed by atoms with Crippen LogP contribution >= 0.6 is 0 Å². The van der Waals surface area contributed by atoms with Gasteiger partial charge in [-0.1, -0.05) is 36.8 Å². The van der Waals surface area contributed by atoms with Crippen molar-refractivity contribution in [3.63, 3.8) is 0 Å². The molecule has 1 aromatic carbocycles. The van der Waals surface area contributed by atoms with Crippen molar-refractivity contribution >= 4 is 0 Å². The summed E-state index contributed by atoms with van der Waals surface area (Å²) in [5, 5.41) is 0. The molecule has 0 spiro atoms. The van der Waals surface area contributed by atoms with Crippen LogP contribution in [0.2, 0.25) is 0 Å². The predicted octanol–water partition coefficient (Wildman–Crippen LogP) is 3.71. The molecule has 1 fully saturated rings. The Hall–Kier alpha value is -1.67. The first-order valence-electron chi connectivity index (χ1n) is 7.02. The SMILES string of the molecule is Cc1ccc(C(N)c2ccc(C3CCC3)cc2)cn1. The second-order valence-electron chi connectivity index (χ2n) is 5.51. The van der Waals surface area contributed by atoms with Gasteiger partial charge >= 0.3 is 0 Å². The topological polar surface area (TPSA) is 38.9 Å². The number of rotatable bonds is 3. The summed E-state index contributed by atoms with van der Waals surface area (Å²) in [6, 6.07) is 12.8. The number of hydrogen-bond acceptors (Lipinski definition) is 2. The molecule has 1 saturated carbocycles. The van der Waals surface area contributed by atoms with E-state index >= 15 is 0 Å². The highest BCUT2D eigenvalue weighted by molar-refractivity contribution is 5.33. The van der Waals surface area contributed by atoms with Gasteiger partial charge in [-0.05, 0) is 48.4 Å². The Bertz CT molecular complexity index is 538. The molecule has 19 heavy (non-hydrogen) atoms. The highest BCUT2D eigenvalue weighted by Gasteiger charge is 2.19. The molecule has 0 amide bonds. The third kappa shape index (κ3) is 2.54. The van der Waals surface area contributed by atoms with Crippen LogP contribution in [0.5, 0.6) is 0 Å². The molecule has 1 atom stereocenters. The average Bonchev–Trinajstić information content (AvgIpc) is 2.38. The monoisotopic (exact) mass is 252 g/mol. The lowest BCUT2D eigenvalue weighted by Gasteiger charge is -2.26. The van der Waals surface area contributed by atoms with Gasteiger partial charge in [0.25, 0.3) is 0 Å². The summed E-state index contributed by atoms with van der Waals surface area (Å²) in [5.41, 5.74) is 11.0. The first-order valence-corrected chi connectivity index (χ1v) is 7.02. The molecular weight excluding hydrogens is 232 g/mol. The highest BCUT2D eigenvalue weighted by Crippen LogP contribution is 2.36. The average molecular weight is 252 g/mol. The molecule has 3 rings (SSSR count). The van der Waals surface area contributed by atoms with Gasteiger partial charge in [0.15, 0.2) is 0 Å². The number of aromatic nitrogens is 1. The summed E-state index contributed by atoms with van der Waals surface area (Å²) < 4.78 is 0. The van der Waals surface area contributed by atoms with Crippen LogP contribution < -0.4 is 5.73 Å². The van der Waals surface area contributed by atoms with Crippen molar-refractivity contribution in [1.29, 1.82) is 0 Å². The summed E-state index contributed by atoms with van der Waals surface area (Å²) in [7, 11) is 0. The fraction of sp³-hybridized carbons (Fsp3) is 0.353. The Morgan fingerprint density at radius 3 is 2.26 bits per heavy atom. The number of nitrogens with zero attached hydrogens (tertiary/aromatic N) is 1. The van der Waals surface area contributed by atoms with Crippen molar-refractivity contribution in [2.45, 2.75) is 38.1 Å². The lowest BCUT2D eigenvalue weighted by Crippen LogP contribution is -2.13.